The molecule has 2 aromatic carbocycles. The van der Waals surface area contributed by atoms with Crippen LogP contribution in [0.1, 0.15) is 50.5 Å². The van der Waals surface area contributed by atoms with Gasteiger partial charge in [0.2, 0.25) is 0 Å². The normalized spacial score (nSPS) is 12.1. The molecule has 0 saturated heterocycles. The Balaban J connectivity index is 2.18. The number of esters is 1. The van der Waals surface area contributed by atoms with Crippen LogP contribution in [0.15, 0.2) is 56.3 Å². The Hall–Kier alpha value is -1.57. The van der Waals surface area contributed by atoms with Crippen molar-refractivity contribution in [2.45, 2.75) is 50.7 Å². The van der Waals surface area contributed by atoms with E-state index >= 15 is 0 Å². The standard InChI is InChI=1S/C24H26Br2O4S/c1-23(2,3)30-22(28)24(4,5)29-21-18(25)13-15(14-19(21)26)7-12-20(27)16-8-10-17(31-6)11-9-16/h7-14H,1-6H3/b12-7+. The van der Waals surface area contributed by atoms with Crippen molar-refractivity contribution in [2.24, 2.45) is 0 Å². The smallest absolute Gasteiger partial charge is 0.350 e. The van der Waals surface area contributed by atoms with Gasteiger partial charge in [-0.15, -0.1) is 11.8 Å². The first-order valence-electron chi connectivity index (χ1n) is 9.60. The van der Waals surface area contributed by atoms with Gasteiger partial charge in [-0.05, 0) is 121 Å². The third-order valence-electron chi connectivity index (χ3n) is 4.07. The van der Waals surface area contributed by atoms with Crippen LogP contribution in [0, 0.1) is 0 Å². The van der Waals surface area contributed by atoms with E-state index in [-0.39, 0.29) is 5.78 Å². The minimum absolute atomic E-state index is 0.0775. The van der Waals surface area contributed by atoms with E-state index in [9.17, 15) is 9.59 Å². The minimum atomic E-state index is -1.19. The lowest BCUT2D eigenvalue weighted by Gasteiger charge is -2.29. The highest BCUT2D eigenvalue weighted by Crippen LogP contribution is 2.38. The lowest BCUT2D eigenvalue weighted by molar-refractivity contribution is -0.171. The molecule has 7 heteroatoms. The van der Waals surface area contributed by atoms with Crippen molar-refractivity contribution in [3.05, 3.63) is 62.5 Å². The number of carbonyl (C=O) groups excluding carboxylic acids is 2. The summed E-state index contributed by atoms with van der Waals surface area (Å²) in [4.78, 5) is 26.0. The van der Waals surface area contributed by atoms with Crippen molar-refractivity contribution in [3.63, 3.8) is 0 Å². The van der Waals surface area contributed by atoms with E-state index in [1.807, 2.05) is 63.4 Å². The van der Waals surface area contributed by atoms with Crippen LogP contribution in [0.2, 0.25) is 0 Å². The predicted molar refractivity (Wildman–Crippen MR) is 134 cm³/mol. The first kappa shape index (κ1) is 25.7. The van der Waals surface area contributed by atoms with Gasteiger partial charge < -0.3 is 9.47 Å². The number of thioether (sulfide) groups is 1. The molecule has 0 atom stereocenters. The van der Waals surface area contributed by atoms with Crippen LogP contribution >= 0.6 is 43.6 Å². The second kappa shape index (κ2) is 10.4. The second-order valence-corrected chi connectivity index (χ2v) is 10.9. The van der Waals surface area contributed by atoms with Crippen LogP contribution in [0.25, 0.3) is 6.08 Å². The van der Waals surface area contributed by atoms with Gasteiger partial charge in [0.05, 0.1) is 8.95 Å². The maximum Gasteiger partial charge on any atom is 0.350 e. The van der Waals surface area contributed by atoms with Crippen LogP contribution in [-0.2, 0) is 9.53 Å². The average Bonchev–Trinajstić information content (AvgIpc) is 2.67. The number of ether oxygens (including phenoxy) is 2. The van der Waals surface area contributed by atoms with Gasteiger partial charge in [0.25, 0.3) is 0 Å². The Kier molecular flexibility index (Phi) is 8.59. The monoisotopic (exact) mass is 568 g/mol. The molecule has 0 saturated carbocycles. The SMILES string of the molecule is CSc1ccc(C(=O)/C=C/c2cc(Br)c(OC(C)(C)C(=O)OC(C)(C)C)c(Br)c2)cc1. The number of carbonyl (C=O) groups is 2. The number of benzene rings is 2. The van der Waals surface area contributed by atoms with Crippen LogP contribution in [-0.4, -0.2) is 29.2 Å². The van der Waals surface area contributed by atoms with Crippen molar-refractivity contribution in [1.29, 1.82) is 0 Å². The summed E-state index contributed by atoms with van der Waals surface area (Å²) in [5.74, 6) is -0.0564. The molecule has 2 aromatic rings. The Labute approximate surface area is 205 Å². The second-order valence-electron chi connectivity index (χ2n) is 8.35. The topological polar surface area (TPSA) is 52.6 Å². The van der Waals surface area contributed by atoms with Crippen molar-refractivity contribution in [2.75, 3.05) is 6.26 Å². The largest absolute Gasteiger partial charge is 0.474 e. The van der Waals surface area contributed by atoms with E-state index in [0.29, 0.717) is 20.3 Å². The Bertz CT molecular complexity index is 967. The molecular weight excluding hydrogens is 544 g/mol. The lowest BCUT2D eigenvalue weighted by Crippen LogP contribution is -2.43. The number of rotatable bonds is 7. The number of allylic oxidation sites excluding steroid dienone is 1. The summed E-state index contributed by atoms with van der Waals surface area (Å²) in [5, 5.41) is 0. The summed E-state index contributed by atoms with van der Waals surface area (Å²) in [7, 11) is 0. The molecule has 0 amide bonds. The quantitative estimate of drug-likeness (QED) is 0.151. The molecule has 0 aromatic heterocycles. The lowest BCUT2D eigenvalue weighted by atomic mass is 10.1. The summed E-state index contributed by atoms with van der Waals surface area (Å²) >= 11 is 8.63. The molecule has 166 valence electrons. The highest BCUT2D eigenvalue weighted by Gasteiger charge is 2.35. The summed E-state index contributed by atoms with van der Waals surface area (Å²) in [6.07, 6.45) is 5.27. The summed E-state index contributed by atoms with van der Waals surface area (Å²) in [5.41, 5.74) is -0.362. The maximum atomic E-state index is 12.5. The zero-order valence-corrected chi connectivity index (χ0v) is 22.4. The van der Waals surface area contributed by atoms with E-state index in [0.717, 1.165) is 10.5 Å². The average molecular weight is 570 g/mol. The van der Waals surface area contributed by atoms with Gasteiger partial charge in [0, 0.05) is 10.5 Å². The predicted octanol–water partition coefficient (Wildman–Crippen LogP) is 7.33. The molecular formula is C24H26Br2O4S. The minimum Gasteiger partial charge on any atom is -0.474 e. The molecule has 0 bridgehead atoms. The first-order valence-corrected chi connectivity index (χ1v) is 12.4. The molecule has 0 unspecified atom stereocenters. The molecule has 0 radical (unpaired) electrons. The first-order chi connectivity index (χ1) is 14.3. The van der Waals surface area contributed by atoms with E-state index in [1.165, 1.54) is 6.08 Å². The van der Waals surface area contributed by atoms with Gasteiger partial charge >= 0.3 is 5.97 Å². The number of hydrogen-bond donors (Lipinski definition) is 0. The molecule has 2 rings (SSSR count). The third-order valence-corrected chi connectivity index (χ3v) is 5.99. The fourth-order valence-corrected chi connectivity index (χ4v) is 4.29. The molecule has 0 heterocycles. The van der Waals surface area contributed by atoms with E-state index in [2.05, 4.69) is 31.9 Å². The highest BCUT2D eigenvalue weighted by molar-refractivity contribution is 9.11. The van der Waals surface area contributed by atoms with Gasteiger partial charge in [-0.2, -0.15) is 0 Å². The number of hydrogen-bond acceptors (Lipinski definition) is 5. The molecule has 0 N–H and O–H groups in total. The van der Waals surface area contributed by atoms with Crippen LogP contribution in [0.3, 0.4) is 0 Å². The van der Waals surface area contributed by atoms with Gasteiger partial charge in [-0.25, -0.2) is 4.79 Å². The fourth-order valence-electron chi connectivity index (χ4n) is 2.49. The molecule has 0 aliphatic rings. The number of halogens is 2. The third kappa shape index (κ3) is 7.51. The van der Waals surface area contributed by atoms with Crippen molar-refractivity contribution in [3.8, 4) is 5.75 Å². The summed E-state index contributed by atoms with van der Waals surface area (Å²) in [6.45, 7) is 8.76. The number of ketones is 1. The Morgan fingerprint density at radius 3 is 2.00 bits per heavy atom. The zero-order valence-electron chi connectivity index (χ0n) is 18.4. The van der Waals surface area contributed by atoms with Crippen LogP contribution in [0.5, 0.6) is 5.75 Å². The Morgan fingerprint density at radius 2 is 1.52 bits per heavy atom. The van der Waals surface area contributed by atoms with Crippen LogP contribution in [0.4, 0.5) is 0 Å². The van der Waals surface area contributed by atoms with E-state index in [1.54, 1.807) is 31.7 Å². The summed E-state index contributed by atoms with van der Waals surface area (Å²) in [6, 6.07) is 11.1. The van der Waals surface area contributed by atoms with Gasteiger partial charge in [0.15, 0.2) is 11.4 Å². The van der Waals surface area contributed by atoms with Gasteiger partial charge in [-0.3, -0.25) is 4.79 Å². The summed E-state index contributed by atoms with van der Waals surface area (Å²) < 4.78 is 12.7. The van der Waals surface area contributed by atoms with Crippen molar-refractivity contribution < 1.29 is 19.1 Å². The molecule has 0 fully saturated rings. The van der Waals surface area contributed by atoms with Crippen molar-refractivity contribution >= 4 is 61.5 Å². The van der Waals surface area contributed by atoms with Crippen molar-refractivity contribution in [1.82, 2.24) is 0 Å². The van der Waals surface area contributed by atoms with Gasteiger partial charge in [0.1, 0.15) is 11.4 Å². The van der Waals surface area contributed by atoms with Crippen LogP contribution < -0.4 is 4.74 Å². The highest BCUT2D eigenvalue weighted by atomic mass is 79.9. The van der Waals surface area contributed by atoms with E-state index in [4.69, 9.17) is 9.47 Å². The molecule has 0 aliphatic heterocycles. The van der Waals surface area contributed by atoms with E-state index < -0.39 is 17.2 Å². The molecule has 0 aliphatic carbocycles. The maximum absolute atomic E-state index is 12.5. The molecule has 31 heavy (non-hydrogen) atoms. The Morgan fingerprint density at radius 1 is 0.968 bits per heavy atom. The molecule has 4 nitrogen and oxygen atoms in total. The van der Waals surface area contributed by atoms with Gasteiger partial charge in [-0.1, -0.05) is 6.08 Å². The zero-order chi connectivity index (χ0) is 23.4. The molecule has 0 spiro atoms. The fraction of sp³-hybridized carbons (Fsp3) is 0.333.